The molecule has 0 aliphatic carbocycles. The van der Waals surface area contributed by atoms with Crippen LogP contribution < -0.4 is 10.1 Å². The minimum Gasteiger partial charge on any atom is -0.486 e. The number of nitrogens with one attached hydrogen (secondary N) is 1. The lowest BCUT2D eigenvalue weighted by Gasteiger charge is -2.12. The summed E-state index contributed by atoms with van der Waals surface area (Å²) in [5.41, 5.74) is 2.90. The molecule has 10 heteroatoms. The topological polar surface area (TPSA) is 75.7 Å². The van der Waals surface area contributed by atoms with Gasteiger partial charge < -0.3 is 10.1 Å². The first-order chi connectivity index (χ1) is 17.2. The summed E-state index contributed by atoms with van der Waals surface area (Å²) in [5, 5.41) is 2.43. The number of benzene rings is 3. The molecule has 36 heavy (non-hydrogen) atoms. The van der Waals surface area contributed by atoms with Crippen LogP contribution in [0.1, 0.15) is 16.7 Å². The van der Waals surface area contributed by atoms with Crippen molar-refractivity contribution in [2.24, 2.45) is 0 Å². The number of anilines is 1. The van der Waals surface area contributed by atoms with E-state index in [1.54, 1.807) is 12.1 Å². The highest BCUT2D eigenvalue weighted by Crippen LogP contribution is 2.37. The summed E-state index contributed by atoms with van der Waals surface area (Å²) in [5.74, 6) is -1.35. The van der Waals surface area contributed by atoms with Crippen LogP contribution in [-0.2, 0) is 16.2 Å². The third-order valence-electron chi connectivity index (χ3n) is 5.09. The van der Waals surface area contributed by atoms with Gasteiger partial charge in [0.05, 0.1) is 15.0 Å². The fraction of sp³-hybridized carbons (Fsp3) is 0.115. The lowest BCUT2D eigenvalue weighted by Crippen LogP contribution is -2.36. The highest BCUT2D eigenvalue weighted by atomic mass is 35.5. The van der Waals surface area contributed by atoms with Crippen LogP contribution in [0.3, 0.4) is 0 Å². The van der Waals surface area contributed by atoms with E-state index in [1.807, 2.05) is 31.2 Å². The maximum Gasteiger partial charge on any atom is 0.294 e. The predicted molar refractivity (Wildman–Crippen MR) is 140 cm³/mol. The van der Waals surface area contributed by atoms with Crippen molar-refractivity contribution in [3.63, 3.8) is 0 Å². The number of ether oxygens (including phenoxy) is 1. The van der Waals surface area contributed by atoms with Crippen LogP contribution in [-0.4, -0.2) is 28.5 Å². The third-order valence-corrected chi connectivity index (χ3v) is 6.56. The number of imide groups is 1. The molecule has 4 rings (SSSR count). The summed E-state index contributed by atoms with van der Waals surface area (Å²) in [6, 6.07) is 16.1. The molecule has 1 heterocycles. The van der Waals surface area contributed by atoms with Gasteiger partial charge in [0.2, 0.25) is 5.91 Å². The smallest absolute Gasteiger partial charge is 0.294 e. The van der Waals surface area contributed by atoms with Crippen LogP contribution >= 0.6 is 35.0 Å². The van der Waals surface area contributed by atoms with E-state index in [9.17, 15) is 18.8 Å². The highest BCUT2D eigenvalue weighted by Gasteiger charge is 2.36. The predicted octanol–water partition coefficient (Wildman–Crippen LogP) is 6.69. The Morgan fingerprint density at radius 1 is 1.08 bits per heavy atom. The molecule has 0 aromatic heterocycles. The first-order valence-corrected chi connectivity index (χ1v) is 12.2. The molecule has 0 spiro atoms. The van der Waals surface area contributed by atoms with Crippen molar-refractivity contribution in [3.05, 3.63) is 98.1 Å². The largest absolute Gasteiger partial charge is 0.486 e. The van der Waals surface area contributed by atoms with E-state index in [0.29, 0.717) is 28.8 Å². The summed E-state index contributed by atoms with van der Waals surface area (Å²) in [7, 11) is 0. The zero-order valence-electron chi connectivity index (χ0n) is 18.9. The molecule has 6 nitrogen and oxygen atoms in total. The Kier molecular flexibility index (Phi) is 7.98. The summed E-state index contributed by atoms with van der Waals surface area (Å²) in [6.07, 6.45) is 1.48. The maximum atomic E-state index is 13.0. The Morgan fingerprint density at radius 2 is 1.78 bits per heavy atom. The second-order valence-electron chi connectivity index (χ2n) is 7.91. The van der Waals surface area contributed by atoms with Gasteiger partial charge in [0.25, 0.3) is 11.1 Å². The third kappa shape index (κ3) is 6.26. The van der Waals surface area contributed by atoms with Gasteiger partial charge in [-0.2, -0.15) is 0 Å². The SMILES string of the molecule is Cc1cccc(COc2c(Cl)cc(/C=C3\SC(=O)N(CC(=O)Nc4ccc(F)cc4)C3=O)cc2Cl)c1. The van der Waals surface area contributed by atoms with Crippen molar-refractivity contribution in [2.45, 2.75) is 13.5 Å². The lowest BCUT2D eigenvalue weighted by atomic mass is 10.1. The standard InChI is InChI=1S/C26H19Cl2FN2O4S/c1-15-3-2-4-16(9-15)14-35-24-20(27)10-17(11-21(24)28)12-22-25(33)31(26(34)36-22)13-23(32)30-19-7-5-18(29)6-8-19/h2-12H,13-14H2,1H3,(H,30,32)/b22-12-. The summed E-state index contributed by atoms with van der Waals surface area (Å²) < 4.78 is 18.8. The van der Waals surface area contributed by atoms with Crippen LogP contribution in [0.25, 0.3) is 6.08 Å². The van der Waals surface area contributed by atoms with E-state index in [0.717, 1.165) is 16.0 Å². The average Bonchev–Trinajstić information content (AvgIpc) is 3.07. The fourth-order valence-electron chi connectivity index (χ4n) is 3.42. The normalized spacial score (nSPS) is 14.4. The Bertz CT molecular complexity index is 1360. The number of aryl methyl sites for hydroxylation is 1. The number of carbonyl (C=O) groups excluding carboxylic acids is 3. The van der Waals surface area contributed by atoms with E-state index in [-0.39, 0.29) is 21.6 Å². The quantitative estimate of drug-likeness (QED) is 0.335. The first kappa shape index (κ1) is 25.8. The average molecular weight is 545 g/mol. The van der Waals surface area contributed by atoms with Crippen molar-refractivity contribution in [2.75, 3.05) is 11.9 Å². The minimum atomic E-state index is -0.619. The van der Waals surface area contributed by atoms with E-state index in [1.165, 1.54) is 30.3 Å². The lowest BCUT2D eigenvalue weighted by molar-refractivity contribution is -0.127. The van der Waals surface area contributed by atoms with E-state index < -0.39 is 29.4 Å². The highest BCUT2D eigenvalue weighted by molar-refractivity contribution is 8.18. The molecule has 1 fully saturated rings. The number of hydrogen-bond acceptors (Lipinski definition) is 5. The van der Waals surface area contributed by atoms with Crippen molar-refractivity contribution in [1.29, 1.82) is 0 Å². The van der Waals surface area contributed by atoms with Gasteiger partial charge in [-0.15, -0.1) is 0 Å². The van der Waals surface area contributed by atoms with E-state index in [2.05, 4.69) is 5.32 Å². The molecule has 0 atom stereocenters. The minimum absolute atomic E-state index is 0.121. The number of amides is 3. The monoisotopic (exact) mass is 544 g/mol. The molecule has 1 aliphatic heterocycles. The zero-order chi connectivity index (χ0) is 25.8. The number of hydrogen-bond donors (Lipinski definition) is 1. The molecule has 3 aromatic rings. The van der Waals surface area contributed by atoms with Crippen molar-refractivity contribution in [1.82, 2.24) is 4.90 Å². The van der Waals surface area contributed by atoms with E-state index >= 15 is 0 Å². The Morgan fingerprint density at radius 3 is 2.44 bits per heavy atom. The summed E-state index contributed by atoms with van der Waals surface area (Å²) in [6.45, 7) is 1.78. The molecule has 3 aromatic carbocycles. The molecule has 184 valence electrons. The van der Waals surface area contributed by atoms with Crippen LogP contribution in [0, 0.1) is 12.7 Å². The van der Waals surface area contributed by atoms with Gasteiger partial charge in [-0.1, -0.05) is 53.0 Å². The fourth-order valence-corrected chi connectivity index (χ4v) is 4.87. The van der Waals surface area contributed by atoms with Gasteiger partial charge >= 0.3 is 0 Å². The molecule has 0 unspecified atom stereocenters. The molecule has 1 N–H and O–H groups in total. The van der Waals surface area contributed by atoms with Crippen LogP contribution in [0.4, 0.5) is 14.9 Å². The van der Waals surface area contributed by atoms with Crippen molar-refractivity contribution in [3.8, 4) is 5.75 Å². The van der Waals surface area contributed by atoms with Gasteiger partial charge in [0, 0.05) is 5.69 Å². The maximum absolute atomic E-state index is 13.0. The Hall–Kier alpha value is -3.33. The molecular formula is C26H19Cl2FN2O4S. The van der Waals surface area contributed by atoms with Crippen LogP contribution in [0.15, 0.2) is 65.6 Å². The second-order valence-corrected chi connectivity index (χ2v) is 9.72. The molecular weight excluding hydrogens is 526 g/mol. The van der Waals surface area contributed by atoms with Crippen molar-refractivity contribution >= 4 is 63.8 Å². The van der Waals surface area contributed by atoms with Gasteiger partial charge in [-0.3, -0.25) is 19.3 Å². The molecule has 1 aliphatic rings. The summed E-state index contributed by atoms with van der Waals surface area (Å²) >= 11 is 13.5. The number of halogens is 3. The molecule has 0 saturated carbocycles. The first-order valence-electron chi connectivity index (χ1n) is 10.7. The molecule has 0 radical (unpaired) electrons. The van der Waals surface area contributed by atoms with Gasteiger partial charge in [0.1, 0.15) is 19.0 Å². The number of carbonyl (C=O) groups is 3. The number of rotatable bonds is 7. The number of nitrogens with zero attached hydrogens (tertiary/aromatic N) is 1. The van der Waals surface area contributed by atoms with Crippen LogP contribution in [0.5, 0.6) is 5.75 Å². The zero-order valence-corrected chi connectivity index (χ0v) is 21.2. The van der Waals surface area contributed by atoms with Gasteiger partial charge in [-0.05, 0) is 72.3 Å². The van der Waals surface area contributed by atoms with Crippen molar-refractivity contribution < 1.29 is 23.5 Å². The molecule has 1 saturated heterocycles. The van der Waals surface area contributed by atoms with E-state index in [4.69, 9.17) is 27.9 Å². The Labute approximate surface area is 221 Å². The summed E-state index contributed by atoms with van der Waals surface area (Å²) in [4.78, 5) is 38.4. The second kappa shape index (κ2) is 11.2. The Balaban J connectivity index is 1.43. The van der Waals surface area contributed by atoms with Gasteiger partial charge in [-0.25, -0.2) is 4.39 Å². The molecule has 3 amide bonds. The molecule has 0 bridgehead atoms. The van der Waals surface area contributed by atoms with Crippen LogP contribution in [0.2, 0.25) is 10.0 Å². The van der Waals surface area contributed by atoms with Gasteiger partial charge in [0.15, 0.2) is 5.75 Å². The number of thioether (sulfide) groups is 1.